The molecule has 1 saturated heterocycles. The number of nitrogens with zero attached hydrogens (tertiary/aromatic N) is 2. The molecule has 3 rings (SSSR count). The normalized spacial score (nSPS) is 17.3. The zero-order valence-corrected chi connectivity index (χ0v) is 14.9. The molecule has 0 spiro atoms. The van der Waals surface area contributed by atoms with Crippen LogP contribution in [-0.2, 0) is 11.3 Å². The van der Waals surface area contributed by atoms with Crippen LogP contribution in [0, 0.1) is 0 Å². The highest BCUT2D eigenvalue weighted by Crippen LogP contribution is 2.18. The molecule has 1 fully saturated rings. The van der Waals surface area contributed by atoms with E-state index in [0.717, 1.165) is 35.8 Å². The summed E-state index contributed by atoms with van der Waals surface area (Å²) in [5.41, 5.74) is 0.936. The smallest absolute Gasteiger partial charge is 0.237 e. The zero-order chi connectivity index (χ0) is 15.4. The molecule has 1 unspecified atom stereocenters. The number of H-pyrrole nitrogens is 1. The Morgan fingerprint density at radius 2 is 2.09 bits per heavy atom. The third kappa shape index (κ3) is 4.76. The zero-order valence-electron chi connectivity index (χ0n) is 12.5. The fourth-order valence-corrected chi connectivity index (χ4v) is 2.74. The Kier molecular flexibility index (Phi) is 6.56. The predicted molar refractivity (Wildman–Crippen MR) is 94.3 cm³/mol. The summed E-state index contributed by atoms with van der Waals surface area (Å²) < 4.78 is 1.01. The van der Waals surface area contributed by atoms with Gasteiger partial charge in [0.1, 0.15) is 5.82 Å². The molecule has 1 aliphatic rings. The molecule has 1 aromatic carbocycles. The predicted octanol–water partition coefficient (Wildman–Crippen LogP) is 2.41. The van der Waals surface area contributed by atoms with E-state index < -0.39 is 0 Å². The number of piperidine rings is 1. The number of aromatic nitrogens is 3. The summed E-state index contributed by atoms with van der Waals surface area (Å²) in [5.74, 6) is 1.32. The SMILES string of the molecule is Cl.O=C(NCc1nc(-c2ccc(Br)cc2)n[nH]1)C1CCCCN1. The molecule has 1 atom stereocenters. The molecule has 0 aliphatic carbocycles. The van der Waals surface area contributed by atoms with Crippen molar-refractivity contribution in [1.82, 2.24) is 25.8 Å². The van der Waals surface area contributed by atoms with Crippen molar-refractivity contribution in [3.8, 4) is 11.4 Å². The van der Waals surface area contributed by atoms with Gasteiger partial charge in [-0.15, -0.1) is 12.4 Å². The van der Waals surface area contributed by atoms with E-state index in [4.69, 9.17) is 0 Å². The van der Waals surface area contributed by atoms with Crippen LogP contribution in [0.1, 0.15) is 25.1 Å². The molecule has 124 valence electrons. The summed E-state index contributed by atoms with van der Waals surface area (Å²) in [7, 11) is 0. The van der Waals surface area contributed by atoms with E-state index in [1.807, 2.05) is 24.3 Å². The van der Waals surface area contributed by atoms with Gasteiger partial charge in [-0.05, 0) is 31.5 Å². The van der Waals surface area contributed by atoms with Crippen LogP contribution in [0.15, 0.2) is 28.7 Å². The van der Waals surface area contributed by atoms with Gasteiger partial charge in [-0.25, -0.2) is 4.98 Å². The van der Waals surface area contributed by atoms with E-state index in [-0.39, 0.29) is 24.4 Å². The van der Waals surface area contributed by atoms with Gasteiger partial charge >= 0.3 is 0 Å². The third-order valence-electron chi connectivity index (χ3n) is 3.69. The maximum atomic E-state index is 12.0. The summed E-state index contributed by atoms with van der Waals surface area (Å²) >= 11 is 3.40. The molecule has 1 amide bonds. The van der Waals surface area contributed by atoms with E-state index in [1.165, 1.54) is 0 Å². The van der Waals surface area contributed by atoms with Crippen molar-refractivity contribution < 1.29 is 4.79 Å². The maximum absolute atomic E-state index is 12.0. The molecule has 3 N–H and O–H groups in total. The number of benzene rings is 1. The van der Waals surface area contributed by atoms with Gasteiger partial charge in [0, 0.05) is 10.0 Å². The monoisotopic (exact) mass is 399 g/mol. The minimum absolute atomic E-state index is 0. The first-order valence-electron chi connectivity index (χ1n) is 7.41. The third-order valence-corrected chi connectivity index (χ3v) is 4.22. The van der Waals surface area contributed by atoms with Crippen molar-refractivity contribution in [2.45, 2.75) is 31.8 Å². The molecule has 0 radical (unpaired) electrons. The lowest BCUT2D eigenvalue weighted by atomic mass is 10.0. The van der Waals surface area contributed by atoms with E-state index >= 15 is 0 Å². The second-order valence-corrected chi connectivity index (χ2v) is 6.25. The van der Waals surface area contributed by atoms with Crippen LogP contribution in [-0.4, -0.2) is 33.7 Å². The summed E-state index contributed by atoms with van der Waals surface area (Å²) in [6.07, 6.45) is 3.13. The molecular weight excluding hydrogens is 382 g/mol. The minimum Gasteiger partial charge on any atom is -0.347 e. The number of carbonyl (C=O) groups excluding carboxylic acids is 1. The fraction of sp³-hybridized carbons (Fsp3) is 0.400. The van der Waals surface area contributed by atoms with Gasteiger partial charge in [0.25, 0.3) is 0 Å². The first-order chi connectivity index (χ1) is 10.7. The van der Waals surface area contributed by atoms with Crippen LogP contribution in [0.25, 0.3) is 11.4 Å². The van der Waals surface area contributed by atoms with Crippen molar-refractivity contribution in [3.63, 3.8) is 0 Å². The van der Waals surface area contributed by atoms with Gasteiger partial charge in [0.2, 0.25) is 5.91 Å². The van der Waals surface area contributed by atoms with E-state index in [2.05, 4.69) is 41.7 Å². The van der Waals surface area contributed by atoms with E-state index in [0.29, 0.717) is 18.2 Å². The Bertz CT molecular complexity index is 640. The molecule has 0 bridgehead atoms. The van der Waals surface area contributed by atoms with E-state index in [1.54, 1.807) is 0 Å². The molecule has 0 saturated carbocycles. The number of carbonyl (C=O) groups is 1. The standard InChI is InChI=1S/C15H18BrN5O.ClH/c16-11-6-4-10(5-7-11)14-19-13(20-21-14)9-18-15(22)12-3-1-2-8-17-12;/h4-7,12,17H,1-3,8-9H2,(H,18,22)(H,19,20,21);1H. The second-order valence-electron chi connectivity index (χ2n) is 5.33. The highest BCUT2D eigenvalue weighted by Gasteiger charge is 2.20. The van der Waals surface area contributed by atoms with Crippen LogP contribution < -0.4 is 10.6 Å². The Hall–Kier alpha value is -1.44. The van der Waals surface area contributed by atoms with Gasteiger partial charge in [-0.1, -0.05) is 34.5 Å². The number of nitrogens with one attached hydrogen (secondary N) is 3. The van der Waals surface area contributed by atoms with Gasteiger partial charge in [0.15, 0.2) is 5.82 Å². The number of amides is 1. The number of rotatable bonds is 4. The summed E-state index contributed by atoms with van der Waals surface area (Å²) in [6.45, 7) is 1.27. The Labute approximate surface area is 149 Å². The quantitative estimate of drug-likeness (QED) is 0.736. The lowest BCUT2D eigenvalue weighted by Gasteiger charge is -2.22. The molecule has 8 heteroatoms. The maximum Gasteiger partial charge on any atom is 0.237 e. The van der Waals surface area contributed by atoms with Crippen LogP contribution in [0.3, 0.4) is 0 Å². The van der Waals surface area contributed by atoms with Crippen LogP contribution in [0.2, 0.25) is 0 Å². The van der Waals surface area contributed by atoms with Crippen LogP contribution in [0.5, 0.6) is 0 Å². The highest BCUT2D eigenvalue weighted by molar-refractivity contribution is 9.10. The van der Waals surface area contributed by atoms with Crippen molar-refractivity contribution in [1.29, 1.82) is 0 Å². The van der Waals surface area contributed by atoms with Gasteiger partial charge in [-0.2, -0.15) is 5.10 Å². The van der Waals surface area contributed by atoms with Crippen molar-refractivity contribution >= 4 is 34.2 Å². The lowest BCUT2D eigenvalue weighted by Crippen LogP contribution is -2.46. The minimum atomic E-state index is -0.0809. The first-order valence-corrected chi connectivity index (χ1v) is 8.20. The molecule has 6 nitrogen and oxygen atoms in total. The average Bonchev–Trinajstić information content (AvgIpc) is 3.03. The average molecular weight is 401 g/mol. The van der Waals surface area contributed by atoms with Gasteiger partial charge < -0.3 is 10.6 Å². The lowest BCUT2D eigenvalue weighted by molar-refractivity contribution is -0.123. The van der Waals surface area contributed by atoms with Crippen molar-refractivity contribution in [2.24, 2.45) is 0 Å². The first kappa shape index (κ1) is 17.9. The molecule has 2 heterocycles. The number of hydrogen-bond donors (Lipinski definition) is 3. The molecule has 23 heavy (non-hydrogen) atoms. The molecule has 1 aromatic heterocycles. The largest absolute Gasteiger partial charge is 0.347 e. The van der Waals surface area contributed by atoms with Crippen LogP contribution in [0.4, 0.5) is 0 Å². The Morgan fingerprint density at radius 1 is 1.30 bits per heavy atom. The Morgan fingerprint density at radius 3 is 2.78 bits per heavy atom. The number of halogens is 2. The summed E-state index contributed by atoms with van der Waals surface area (Å²) in [5, 5.41) is 13.2. The van der Waals surface area contributed by atoms with Gasteiger partial charge in [-0.3, -0.25) is 9.89 Å². The topological polar surface area (TPSA) is 82.7 Å². The van der Waals surface area contributed by atoms with Crippen molar-refractivity contribution in [3.05, 3.63) is 34.6 Å². The summed E-state index contributed by atoms with van der Waals surface area (Å²) in [4.78, 5) is 16.5. The highest BCUT2D eigenvalue weighted by atomic mass is 79.9. The molecule has 1 aliphatic heterocycles. The summed E-state index contributed by atoms with van der Waals surface area (Å²) in [6, 6.07) is 7.70. The number of aromatic amines is 1. The van der Waals surface area contributed by atoms with Crippen molar-refractivity contribution in [2.75, 3.05) is 6.54 Å². The Balaban J connectivity index is 0.00000192. The molecular formula is C15H19BrClN5O. The second kappa shape index (κ2) is 8.42. The fourth-order valence-electron chi connectivity index (χ4n) is 2.47. The van der Waals surface area contributed by atoms with Gasteiger partial charge in [0.05, 0.1) is 12.6 Å². The van der Waals surface area contributed by atoms with Crippen LogP contribution >= 0.6 is 28.3 Å². The van der Waals surface area contributed by atoms with E-state index in [9.17, 15) is 4.79 Å². The molecule has 2 aromatic rings. The number of hydrogen-bond acceptors (Lipinski definition) is 4.